The van der Waals surface area contributed by atoms with Crippen LogP contribution in [-0.2, 0) is 7.05 Å². The molecular formula is C22H19BN3O+. The third-order valence-electron chi connectivity index (χ3n) is 5.26. The predicted molar refractivity (Wildman–Crippen MR) is 110 cm³/mol. The van der Waals surface area contributed by atoms with Crippen LogP contribution in [0.15, 0.2) is 77.4 Å². The zero-order valence-corrected chi connectivity index (χ0v) is 15.3. The Morgan fingerprint density at radius 1 is 1.04 bits per heavy atom. The van der Waals surface area contributed by atoms with Crippen LogP contribution < -0.4 is 15.0 Å². The Balaban J connectivity index is 1.62. The lowest BCUT2D eigenvalue weighted by Gasteiger charge is -2.26. The molecule has 5 rings (SSSR count). The minimum absolute atomic E-state index is 0.118. The Morgan fingerprint density at radius 3 is 2.74 bits per heavy atom. The summed E-state index contributed by atoms with van der Waals surface area (Å²) in [7, 11) is 4.21. The highest BCUT2D eigenvalue weighted by Gasteiger charge is 2.35. The van der Waals surface area contributed by atoms with Gasteiger partial charge in [-0.15, -0.1) is 0 Å². The highest BCUT2D eigenvalue weighted by Crippen LogP contribution is 2.36. The first-order chi connectivity index (χ1) is 13.2. The molecule has 4 nitrogen and oxygen atoms in total. The third-order valence-corrected chi connectivity index (χ3v) is 5.26. The quantitative estimate of drug-likeness (QED) is 0.410. The maximum atomic E-state index is 5.92. The fourth-order valence-electron chi connectivity index (χ4n) is 3.85. The molecule has 4 aromatic rings. The largest absolute Gasteiger partial charge is 0.436 e. The molecule has 0 bridgehead atoms. The van der Waals surface area contributed by atoms with Crippen molar-refractivity contribution in [3.8, 4) is 11.1 Å². The van der Waals surface area contributed by atoms with E-state index < -0.39 is 0 Å². The molecule has 1 aliphatic heterocycles. The molecule has 1 aliphatic rings. The molecule has 0 spiro atoms. The van der Waals surface area contributed by atoms with Crippen LogP contribution in [-0.4, -0.2) is 18.9 Å². The van der Waals surface area contributed by atoms with Crippen LogP contribution in [0.1, 0.15) is 5.76 Å². The predicted octanol–water partition coefficient (Wildman–Crippen LogP) is 3.22. The van der Waals surface area contributed by atoms with Crippen LogP contribution in [0, 0.1) is 0 Å². The van der Waals surface area contributed by atoms with Crippen molar-refractivity contribution in [1.82, 2.24) is 4.98 Å². The number of rotatable bonds is 2. The maximum absolute atomic E-state index is 5.92. The van der Waals surface area contributed by atoms with E-state index in [1.807, 2.05) is 12.1 Å². The van der Waals surface area contributed by atoms with E-state index in [9.17, 15) is 0 Å². The van der Waals surface area contributed by atoms with E-state index in [2.05, 4.69) is 89.2 Å². The van der Waals surface area contributed by atoms with E-state index in [0.717, 1.165) is 16.8 Å². The molecule has 0 unspecified atom stereocenters. The smallest absolute Gasteiger partial charge is 0.396 e. The second-order valence-electron chi connectivity index (χ2n) is 6.90. The van der Waals surface area contributed by atoms with Gasteiger partial charge in [0, 0.05) is 18.3 Å². The fraction of sp³-hybridized carbons (Fsp3) is 0.0909. The maximum Gasteiger partial charge on any atom is 0.396 e. The van der Waals surface area contributed by atoms with E-state index in [0.29, 0.717) is 5.71 Å². The first kappa shape index (κ1) is 15.9. The highest BCUT2D eigenvalue weighted by molar-refractivity contribution is 6.81. The topological polar surface area (TPSA) is 33.2 Å². The van der Waals surface area contributed by atoms with Crippen LogP contribution >= 0.6 is 0 Å². The molecule has 0 fully saturated rings. The molecule has 3 aromatic heterocycles. The second kappa shape index (κ2) is 6.13. The van der Waals surface area contributed by atoms with Crippen molar-refractivity contribution in [2.24, 2.45) is 7.05 Å². The molecule has 0 amide bonds. The zero-order chi connectivity index (χ0) is 18.4. The summed E-state index contributed by atoms with van der Waals surface area (Å²) in [5, 5.41) is 1.05. The molecule has 1 aromatic carbocycles. The minimum Gasteiger partial charge on any atom is -0.436 e. The van der Waals surface area contributed by atoms with Gasteiger partial charge in [-0.05, 0) is 36.4 Å². The summed E-state index contributed by atoms with van der Waals surface area (Å²) in [6.07, 6.45) is 5.96. The number of fused-ring (bicyclic) bond motifs is 3. The number of hydrogen-bond donors (Lipinski definition) is 0. The van der Waals surface area contributed by atoms with Crippen molar-refractivity contribution in [2.45, 2.75) is 0 Å². The molecule has 0 atom stereocenters. The molecule has 0 radical (unpaired) electrons. The summed E-state index contributed by atoms with van der Waals surface area (Å²) < 4.78 is 8.11. The lowest BCUT2D eigenvalue weighted by atomic mass is 9.55. The van der Waals surface area contributed by atoms with Gasteiger partial charge in [0.05, 0.1) is 11.1 Å². The normalized spacial score (nSPS) is 13.3. The van der Waals surface area contributed by atoms with Crippen LogP contribution in [0.5, 0.6) is 0 Å². The summed E-state index contributed by atoms with van der Waals surface area (Å²) in [6.45, 7) is 0.118. The lowest BCUT2D eigenvalue weighted by Crippen LogP contribution is -2.60. The van der Waals surface area contributed by atoms with E-state index in [-0.39, 0.29) is 6.85 Å². The van der Waals surface area contributed by atoms with E-state index in [4.69, 9.17) is 4.42 Å². The van der Waals surface area contributed by atoms with Gasteiger partial charge >= 0.3 is 6.85 Å². The molecule has 0 aliphatic carbocycles. The Hall–Kier alpha value is -3.34. The van der Waals surface area contributed by atoms with Crippen molar-refractivity contribution < 1.29 is 8.98 Å². The highest BCUT2D eigenvalue weighted by atomic mass is 16.3. The van der Waals surface area contributed by atoms with Crippen molar-refractivity contribution in [2.75, 3.05) is 11.9 Å². The summed E-state index contributed by atoms with van der Waals surface area (Å²) >= 11 is 0. The molecule has 0 saturated heterocycles. The standard InChI is InChI=1S/C22H19BN3O/c1-25-14-11-17(16-7-4-3-5-8-16)15-20(25)23-12-10-19-21(26(23)2)18-9-6-13-24-22(18)27-19/h3-15H,1-2H3/q+1. The van der Waals surface area contributed by atoms with Gasteiger partial charge in [-0.1, -0.05) is 36.3 Å². The second-order valence-corrected chi connectivity index (χ2v) is 6.90. The number of benzene rings is 1. The molecule has 5 heteroatoms. The van der Waals surface area contributed by atoms with Gasteiger partial charge in [-0.3, -0.25) is 0 Å². The first-order valence-electron chi connectivity index (χ1n) is 9.06. The van der Waals surface area contributed by atoms with Gasteiger partial charge < -0.3 is 9.23 Å². The van der Waals surface area contributed by atoms with Crippen LogP contribution in [0.2, 0.25) is 0 Å². The number of hydrogen-bond acceptors (Lipinski definition) is 3. The SMILES string of the molecule is CN1B(c2cc(-c3ccccc3)cc[n+]2C)C=Cc2oc3ncccc3c21. The van der Waals surface area contributed by atoms with E-state index in [1.165, 1.54) is 16.7 Å². The number of nitrogens with zero attached hydrogens (tertiary/aromatic N) is 3. The molecule has 130 valence electrons. The summed E-state index contributed by atoms with van der Waals surface area (Å²) in [6, 6.07) is 18.9. The average molecular weight is 352 g/mol. The van der Waals surface area contributed by atoms with Crippen molar-refractivity contribution in [3.63, 3.8) is 0 Å². The van der Waals surface area contributed by atoms with Crippen molar-refractivity contribution in [1.29, 1.82) is 0 Å². The molecular weight excluding hydrogens is 333 g/mol. The minimum atomic E-state index is 0.118. The average Bonchev–Trinajstić information content (AvgIpc) is 3.09. The Labute approximate surface area is 158 Å². The molecule has 27 heavy (non-hydrogen) atoms. The number of furan rings is 1. The van der Waals surface area contributed by atoms with Crippen LogP contribution in [0.25, 0.3) is 28.3 Å². The summed E-state index contributed by atoms with van der Waals surface area (Å²) in [4.78, 5) is 6.63. The Kier molecular flexibility index (Phi) is 3.61. The first-order valence-corrected chi connectivity index (χ1v) is 9.06. The van der Waals surface area contributed by atoms with Crippen LogP contribution in [0.4, 0.5) is 5.69 Å². The molecule has 4 heterocycles. The lowest BCUT2D eigenvalue weighted by molar-refractivity contribution is -0.654. The van der Waals surface area contributed by atoms with Crippen molar-refractivity contribution >= 4 is 35.3 Å². The zero-order valence-electron chi connectivity index (χ0n) is 15.3. The van der Waals surface area contributed by atoms with Gasteiger partial charge in [0.2, 0.25) is 5.71 Å². The van der Waals surface area contributed by atoms with Gasteiger partial charge in [0.15, 0.2) is 17.6 Å². The molecule has 0 N–H and O–H groups in total. The molecule has 0 saturated carbocycles. The van der Waals surface area contributed by atoms with E-state index in [1.54, 1.807) is 6.20 Å². The van der Waals surface area contributed by atoms with E-state index >= 15 is 0 Å². The third kappa shape index (κ3) is 2.55. The van der Waals surface area contributed by atoms with Gasteiger partial charge in [-0.25, -0.2) is 9.55 Å². The fourth-order valence-corrected chi connectivity index (χ4v) is 3.85. The summed E-state index contributed by atoms with van der Waals surface area (Å²) in [5.41, 5.74) is 5.44. The number of aromatic nitrogens is 2. The Bertz CT molecular complexity index is 1170. The monoisotopic (exact) mass is 352 g/mol. The number of anilines is 1. The summed E-state index contributed by atoms with van der Waals surface area (Å²) in [5.74, 6) is 3.05. The Morgan fingerprint density at radius 2 is 1.89 bits per heavy atom. The van der Waals surface area contributed by atoms with Gasteiger partial charge in [0.25, 0.3) is 0 Å². The van der Waals surface area contributed by atoms with Gasteiger partial charge in [0.1, 0.15) is 7.05 Å². The number of aryl methyl sites for hydroxylation is 1. The van der Waals surface area contributed by atoms with Gasteiger partial charge in [-0.2, -0.15) is 0 Å². The van der Waals surface area contributed by atoms with Crippen LogP contribution in [0.3, 0.4) is 0 Å². The number of pyridine rings is 2. The van der Waals surface area contributed by atoms with Crippen molar-refractivity contribution in [3.05, 3.63) is 78.7 Å².